The lowest BCUT2D eigenvalue weighted by molar-refractivity contribution is 0.604. The van der Waals surface area contributed by atoms with Gasteiger partial charge >= 0.3 is 0 Å². The van der Waals surface area contributed by atoms with Gasteiger partial charge < -0.3 is 9.73 Å². The molecule has 1 N–H and O–H groups in total. The molecule has 0 aliphatic heterocycles. The summed E-state index contributed by atoms with van der Waals surface area (Å²) in [6, 6.07) is 11.7. The first-order chi connectivity index (χ1) is 8.70. The lowest BCUT2D eigenvalue weighted by Gasteiger charge is -2.00. The van der Waals surface area contributed by atoms with E-state index in [1.165, 1.54) is 12.1 Å². The molecule has 18 heavy (non-hydrogen) atoms. The third kappa shape index (κ3) is 2.15. The minimum atomic E-state index is -0.354. The molecular formula is C13H8ClFN2O. The molecule has 0 atom stereocenters. The average Bonchev–Trinajstić information content (AvgIpc) is 2.70. The number of oxazole rings is 1. The number of rotatable bonds is 2. The van der Waals surface area contributed by atoms with Gasteiger partial charge in [-0.3, -0.25) is 0 Å². The fraction of sp³-hybridized carbons (Fsp3) is 0. The minimum absolute atomic E-state index is 0.304. The lowest BCUT2D eigenvalue weighted by Crippen LogP contribution is -1.89. The summed E-state index contributed by atoms with van der Waals surface area (Å²) in [5.74, 6) is -0.354. The summed E-state index contributed by atoms with van der Waals surface area (Å²) in [6.07, 6.45) is 0. The molecule has 5 heteroatoms. The van der Waals surface area contributed by atoms with Gasteiger partial charge in [-0.1, -0.05) is 17.7 Å². The van der Waals surface area contributed by atoms with Crippen LogP contribution in [0.1, 0.15) is 0 Å². The predicted molar refractivity (Wildman–Crippen MR) is 68.7 cm³/mol. The molecule has 3 aromatic rings. The van der Waals surface area contributed by atoms with Gasteiger partial charge in [0.05, 0.1) is 0 Å². The van der Waals surface area contributed by atoms with Crippen molar-refractivity contribution in [3.63, 3.8) is 0 Å². The molecule has 90 valence electrons. The summed E-state index contributed by atoms with van der Waals surface area (Å²) >= 11 is 5.87. The third-order valence-electron chi connectivity index (χ3n) is 2.43. The number of nitrogens with one attached hydrogen (secondary N) is 1. The average molecular weight is 263 g/mol. The summed E-state index contributed by atoms with van der Waals surface area (Å²) in [4.78, 5) is 4.19. The molecule has 0 unspecified atom stereocenters. The van der Waals surface area contributed by atoms with E-state index < -0.39 is 0 Å². The van der Waals surface area contributed by atoms with Crippen LogP contribution < -0.4 is 5.32 Å². The number of halogens is 2. The highest BCUT2D eigenvalue weighted by Gasteiger charge is 2.06. The Morgan fingerprint density at radius 1 is 1.17 bits per heavy atom. The first kappa shape index (κ1) is 11.0. The van der Waals surface area contributed by atoms with Crippen LogP contribution in [0.25, 0.3) is 11.1 Å². The maximum atomic E-state index is 13.0. The smallest absolute Gasteiger partial charge is 0.300 e. The SMILES string of the molecule is Fc1ccc2nc(Nc3cccc(Cl)c3)oc2c1. The predicted octanol–water partition coefficient (Wildman–Crippen LogP) is 4.36. The van der Waals surface area contributed by atoms with Gasteiger partial charge in [0, 0.05) is 16.8 Å². The van der Waals surface area contributed by atoms with Gasteiger partial charge in [0.25, 0.3) is 6.01 Å². The number of hydrogen-bond donors (Lipinski definition) is 1. The summed E-state index contributed by atoms with van der Waals surface area (Å²) in [7, 11) is 0. The Bertz CT molecular complexity index is 711. The van der Waals surface area contributed by atoms with E-state index in [2.05, 4.69) is 10.3 Å². The molecule has 3 rings (SSSR count). The van der Waals surface area contributed by atoms with Gasteiger partial charge in [0.15, 0.2) is 5.58 Å². The molecule has 0 saturated heterocycles. The van der Waals surface area contributed by atoms with Crippen molar-refractivity contribution in [2.24, 2.45) is 0 Å². The van der Waals surface area contributed by atoms with E-state index in [4.69, 9.17) is 16.0 Å². The number of hydrogen-bond acceptors (Lipinski definition) is 3. The zero-order valence-corrected chi connectivity index (χ0v) is 9.91. The summed E-state index contributed by atoms with van der Waals surface area (Å²) in [5.41, 5.74) is 1.76. The molecule has 0 amide bonds. The Kier molecular flexibility index (Phi) is 2.64. The molecule has 0 aliphatic rings. The van der Waals surface area contributed by atoms with Crippen LogP contribution in [0.3, 0.4) is 0 Å². The number of nitrogens with zero attached hydrogens (tertiary/aromatic N) is 1. The van der Waals surface area contributed by atoms with Crippen LogP contribution in [-0.4, -0.2) is 4.98 Å². The highest BCUT2D eigenvalue weighted by atomic mass is 35.5. The molecular weight excluding hydrogens is 255 g/mol. The molecule has 0 aliphatic carbocycles. The molecule has 0 radical (unpaired) electrons. The van der Waals surface area contributed by atoms with E-state index in [9.17, 15) is 4.39 Å². The summed E-state index contributed by atoms with van der Waals surface area (Å²) in [6.45, 7) is 0. The van der Waals surface area contributed by atoms with Crippen LogP contribution in [0.5, 0.6) is 0 Å². The maximum absolute atomic E-state index is 13.0. The molecule has 0 spiro atoms. The standard InChI is InChI=1S/C13H8ClFN2O/c14-8-2-1-3-10(6-8)16-13-17-11-5-4-9(15)7-12(11)18-13/h1-7H,(H,16,17). The van der Waals surface area contributed by atoms with Gasteiger partial charge in [-0.2, -0.15) is 4.98 Å². The molecule has 0 fully saturated rings. The van der Waals surface area contributed by atoms with Crippen molar-refractivity contribution in [1.82, 2.24) is 4.98 Å². The first-order valence-electron chi connectivity index (χ1n) is 5.29. The Labute approximate surface area is 107 Å². The van der Waals surface area contributed by atoms with E-state index in [1.807, 2.05) is 12.1 Å². The molecule has 2 aromatic carbocycles. The van der Waals surface area contributed by atoms with Crippen molar-refractivity contribution in [2.75, 3.05) is 5.32 Å². The van der Waals surface area contributed by atoms with Crippen molar-refractivity contribution < 1.29 is 8.81 Å². The minimum Gasteiger partial charge on any atom is -0.423 e. The highest BCUT2D eigenvalue weighted by Crippen LogP contribution is 2.24. The third-order valence-corrected chi connectivity index (χ3v) is 2.66. The highest BCUT2D eigenvalue weighted by molar-refractivity contribution is 6.30. The Hall–Kier alpha value is -2.07. The topological polar surface area (TPSA) is 38.1 Å². The van der Waals surface area contributed by atoms with Gasteiger partial charge in [-0.05, 0) is 30.3 Å². The van der Waals surface area contributed by atoms with Gasteiger partial charge in [0.1, 0.15) is 11.3 Å². The molecule has 0 saturated carbocycles. The zero-order chi connectivity index (χ0) is 12.5. The lowest BCUT2D eigenvalue weighted by atomic mass is 10.3. The second-order valence-corrected chi connectivity index (χ2v) is 4.20. The van der Waals surface area contributed by atoms with Crippen LogP contribution in [-0.2, 0) is 0 Å². The van der Waals surface area contributed by atoms with E-state index in [1.54, 1.807) is 18.2 Å². The normalized spacial score (nSPS) is 10.8. The molecule has 1 aromatic heterocycles. The van der Waals surface area contributed by atoms with Gasteiger partial charge in [-0.25, -0.2) is 4.39 Å². The summed E-state index contributed by atoms with van der Waals surface area (Å²) in [5, 5.41) is 3.58. The Morgan fingerprint density at radius 3 is 2.89 bits per heavy atom. The number of benzene rings is 2. The fourth-order valence-corrected chi connectivity index (χ4v) is 1.83. The van der Waals surface area contributed by atoms with E-state index in [0.717, 1.165) is 5.69 Å². The van der Waals surface area contributed by atoms with Crippen molar-refractivity contribution in [3.8, 4) is 0 Å². The van der Waals surface area contributed by atoms with Crippen molar-refractivity contribution in [3.05, 3.63) is 53.3 Å². The number of aromatic nitrogens is 1. The number of anilines is 2. The monoisotopic (exact) mass is 262 g/mol. The Morgan fingerprint density at radius 2 is 2.06 bits per heavy atom. The molecule has 0 bridgehead atoms. The van der Waals surface area contributed by atoms with Crippen LogP contribution in [0, 0.1) is 5.82 Å². The van der Waals surface area contributed by atoms with E-state index in [0.29, 0.717) is 22.1 Å². The van der Waals surface area contributed by atoms with Crippen molar-refractivity contribution in [1.29, 1.82) is 0 Å². The Balaban J connectivity index is 1.95. The quantitative estimate of drug-likeness (QED) is 0.745. The molecule has 1 heterocycles. The first-order valence-corrected chi connectivity index (χ1v) is 5.67. The van der Waals surface area contributed by atoms with Crippen LogP contribution in [0.2, 0.25) is 5.02 Å². The zero-order valence-electron chi connectivity index (χ0n) is 9.15. The number of fused-ring (bicyclic) bond motifs is 1. The second kappa shape index (κ2) is 4.31. The molecule has 3 nitrogen and oxygen atoms in total. The van der Waals surface area contributed by atoms with Crippen LogP contribution >= 0.6 is 11.6 Å². The van der Waals surface area contributed by atoms with E-state index in [-0.39, 0.29) is 5.82 Å². The second-order valence-electron chi connectivity index (χ2n) is 3.77. The maximum Gasteiger partial charge on any atom is 0.300 e. The van der Waals surface area contributed by atoms with Gasteiger partial charge in [0.2, 0.25) is 0 Å². The van der Waals surface area contributed by atoms with Crippen molar-refractivity contribution in [2.45, 2.75) is 0 Å². The largest absolute Gasteiger partial charge is 0.423 e. The van der Waals surface area contributed by atoms with Gasteiger partial charge in [-0.15, -0.1) is 0 Å². The van der Waals surface area contributed by atoms with Crippen molar-refractivity contribution >= 4 is 34.4 Å². The summed E-state index contributed by atoms with van der Waals surface area (Å²) < 4.78 is 18.4. The fourth-order valence-electron chi connectivity index (χ4n) is 1.64. The van der Waals surface area contributed by atoms with E-state index >= 15 is 0 Å². The van der Waals surface area contributed by atoms with Crippen LogP contribution in [0.15, 0.2) is 46.9 Å². The van der Waals surface area contributed by atoms with Crippen LogP contribution in [0.4, 0.5) is 16.1 Å².